The highest BCUT2D eigenvalue weighted by atomic mass is 19.1. The van der Waals surface area contributed by atoms with Gasteiger partial charge in [-0.05, 0) is 36.4 Å². The molecule has 0 saturated carbocycles. The van der Waals surface area contributed by atoms with E-state index in [1.807, 2.05) is 0 Å². The predicted molar refractivity (Wildman–Crippen MR) is 94.2 cm³/mol. The Labute approximate surface area is 152 Å². The third-order valence-corrected chi connectivity index (χ3v) is 3.57. The van der Waals surface area contributed by atoms with Crippen LogP contribution in [0.5, 0.6) is 5.75 Å². The topological polar surface area (TPSA) is 102 Å². The van der Waals surface area contributed by atoms with Crippen molar-refractivity contribution in [2.24, 2.45) is 0 Å². The van der Waals surface area contributed by atoms with Gasteiger partial charge in [-0.3, -0.25) is 29.8 Å². The summed E-state index contributed by atoms with van der Waals surface area (Å²) in [5.41, 5.74) is 4.53. The average Bonchev–Trinajstić information content (AvgIpc) is 2.68. The maximum Gasteiger partial charge on any atom is 0.276 e. The molecule has 8 nitrogen and oxygen atoms in total. The van der Waals surface area contributed by atoms with Crippen LogP contribution in [0.2, 0.25) is 0 Å². The number of halogens is 1. The highest BCUT2D eigenvalue weighted by molar-refractivity contribution is 5.83. The molecule has 0 bridgehead atoms. The van der Waals surface area contributed by atoms with Crippen LogP contribution in [0.1, 0.15) is 0 Å². The third kappa shape index (κ3) is 4.66. The summed E-state index contributed by atoms with van der Waals surface area (Å²) in [7, 11) is 0. The SMILES string of the molecule is O=C(COc1ccc(F)cc1)NNC(=O)Cn1cnc2ccccc2c1=O. The van der Waals surface area contributed by atoms with E-state index < -0.39 is 17.6 Å². The van der Waals surface area contributed by atoms with Crippen molar-refractivity contribution in [2.45, 2.75) is 6.54 Å². The van der Waals surface area contributed by atoms with Crippen molar-refractivity contribution >= 4 is 22.7 Å². The van der Waals surface area contributed by atoms with E-state index >= 15 is 0 Å². The van der Waals surface area contributed by atoms with Gasteiger partial charge in [-0.15, -0.1) is 0 Å². The lowest BCUT2D eigenvalue weighted by Crippen LogP contribution is -2.45. The van der Waals surface area contributed by atoms with Crippen LogP contribution in [0, 0.1) is 5.82 Å². The Morgan fingerprint density at radius 1 is 1.04 bits per heavy atom. The van der Waals surface area contributed by atoms with Gasteiger partial charge < -0.3 is 4.74 Å². The van der Waals surface area contributed by atoms with Crippen LogP contribution < -0.4 is 21.1 Å². The lowest BCUT2D eigenvalue weighted by molar-refractivity contribution is -0.130. The maximum absolute atomic E-state index is 12.8. The first-order valence-corrected chi connectivity index (χ1v) is 7.93. The number of ether oxygens (including phenoxy) is 1. The summed E-state index contributed by atoms with van der Waals surface area (Å²) in [6.07, 6.45) is 1.27. The Hall–Kier alpha value is -3.75. The summed E-state index contributed by atoms with van der Waals surface area (Å²) in [5, 5.41) is 0.393. The normalized spacial score (nSPS) is 10.4. The van der Waals surface area contributed by atoms with Gasteiger partial charge in [0.05, 0.1) is 17.2 Å². The number of rotatable bonds is 5. The second kappa shape index (κ2) is 8.09. The Bertz CT molecular complexity index is 1030. The van der Waals surface area contributed by atoms with Crippen LogP contribution in [0.4, 0.5) is 4.39 Å². The van der Waals surface area contributed by atoms with Crippen LogP contribution in [0.15, 0.2) is 59.7 Å². The summed E-state index contributed by atoms with van der Waals surface area (Å²) in [6.45, 7) is -0.681. The molecule has 0 saturated heterocycles. The average molecular weight is 370 g/mol. The zero-order valence-electron chi connectivity index (χ0n) is 14.0. The van der Waals surface area contributed by atoms with E-state index in [9.17, 15) is 18.8 Å². The molecule has 0 aliphatic carbocycles. The monoisotopic (exact) mass is 370 g/mol. The van der Waals surface area contributed by atoms with E-state index in [0.29, 0.717) is 16.7 Å². The van der Waals surface area contributed by atoms with Crippen LogP contribution in [0.3, 0.4) is 0 Å². The standard InChI is InChI=1S/C18H15FN4O4/c19-12-5-7-13(8-6-12)27-10-17(25)22-21-16(24)9-23-11-20-15-4-2-1-3-14(15)18(23)26/h1-8,11H,9-10H2,(H,21,24)(H,22,25). The molecule has 0 atom stereocenters. The quantitative estimate of drug-likeness (QED) is 0.646. The summed E-state index contributed by atoms with van der Waals surface area (Å²) in [5.74, 6) is -1.33. The third-order valence-electron chi connectivity index (χ3n) is 3.57. The summed E-state index contributed by atoms with van der Waals surface area (Å²) in [6, 6.07) is 11.9. The lowest BCUT2D eigenvalue weighted by atomic mass is 10.2. The number of hydrogen-bond acceptors (Lipinski definition) is 5. The van der Waals surface area contributed by atoms with E-state index in [-0.39, 0.29) is 18.7 Å². The number of carbonyl (C=O) groups is 2. The van der Waals surface area contributed by atoms with Crippen molar-refractivity contribution in [3.05, 3.63) is 71.0 Å². The molecular formula is C18H15FN4O4. The molecule has 0 fully saturated rings. The van der Waals surface area contributed by atoms with E-state index in [1.165, 1.54) is 30.6 Å². The Balaban J connectivity index is 1.51. The first-order valence-electron chi connectivity index (χ1n) is 7.93. The van der Waals surface area contributed by atoms with Crippen LogP contribution in [-0.4, -0.2) is 28.0 Å². The van der Waals surface area contributed by atoms with Crippen molar-refractivity contribution in [3.8, 4) is 5.75 Å². The number of fused-ring (bicyclic) bond motifs is 1. The summed E-state index contributed by atoms with van der Waals surface area (Å²) < 4.78 is 19.1. The van der Waals surface area contributed by atoms with Gasteiger partial charge in [0.15, 0.2) is 6.61 Å². The molecule has 2 N–H and O–H groups in total. The molecule has 138 valence electrons. The predicted octanol–water partition coefficient (Wildman–Crippen LogP) is 0.762. The van der Waals surface area contributed by atoms with Gasteiger partial charge in [0.1, 0.15) is 18.1 Å². The Morgan fingerprint density at radius 2 is 1.74 bits per heavy atom. The number of nitrogens with one attached hydrogen (secondary N) is 2. The molecule has 3 aromatic rings. The number of para-hydroxylation sites is 1. The van der Waals surface area contributed by atoms with Crippen molar-refractivity contribution in [1.82, 2.24) is 20.4 Å². The van der Waals surface area contributed by atoms with Gasteiger partial charge in [0.2, 0.25) is 0 Å². The number of benzene rings is 2. The van der Waals surface area contributed by atoms with E-state index in [4.69, 9.17) is 4.74 Å². The summed E-state index contributed by atoms with van der Waals surface area (Å²) in [4.78, 5) is 40.0. The smallest absolute Gasteiger partial charge is 0.276 e. The van der Waals surface area contributed by atoms with Crippen molar-refractivity contribution < 1.29 is 18.7 Å². The molecule has 0 unspecified atom stereocenters. The molecule has 1 aromatic heterocycles. The molecule has 0 aliphatic rings. The molecule has 0 spiro atoms. The van der Waals surface area contributed by atoms with Gasteiger partial charge in [-0.25, -0.2) is 9.37 Å². The molecule has 2 amide bonds. The summed E-state index contributed by atoms with van der Waals surface area (Å²) >= 11 is 0. The van der Waals surface area contributed by atoms with Crippen LogP contribution >= 0.6 is 0 Å². The van der Waals surface area contributed by atoms with Crippen molar-refractivity contribution in [1.29, 1.82) is 0 Å². The molecule has 0 radical (unpaired) electrons. The van der Waals surface area contributed by atoms with Crippen molar-refractivity contribution in [2.75, 3.05) is 6.61 Å². The van der Waals surface area contributed by atoms with Crippen LogP contribution in [-0.2, 0) is 16.1 Å². The van der Waals surface area contributed by atoms with Gasteiger partial charge in [0.25, 0.3) is 17.4 Å². The maximum atomic E-state index is 12.8. The molecule has 27 heavy (non-hydrogen) atoms. The van der Waals surface area contributed by atoms with Crippen LogP contribution in [0.25, 0.3) is 10.9 Å². The highest BCUT2D eigenvalue weighted by Crippen LogP contribution is 2.10. The fraction of sp³-hybridized carbons (Fsp3) is 0.111. The molecule has 2 aromatic carbocycles. The largest absolute Gasteiger partial charge is 0.484 e. The minimum atomic E-state index is -0.614. The van der Waals surface area contributed by atoms with Gasteiger partial charge in [-0.2, -0.15) is 0 Å². The fourth-order valence-electron chi connectivity index (χ4n) is 2.27. The molecule has 9 heteroatoms. The minimum absolute atomic E-state index is 0.310. The van der Waals surface area contributed by atoms with E-state index in [2.05, 4.69) is 15.8 Å². The second-order valence-electron chi connectivity index (χ2n) is 5.53. The number of hydrogen-bond donors (Lipinski definition) is 2. The van der Waals surface area contributed by atoms with Gasteiger partial charge >= 0.3 is 0 Å². The zero-order chi connectivity index (χ0) is 19.2. The zero-order valence-corrected chi connectivity index (χ0v) is 14.0. The number of amides is 2. The van der Waals surface area contributed by atoms with E-state index in [0.717, 1.165) is 4.57 Å². The number of carbonyl (C=O) groups excluding carboxylic acids is 2. The second-order valence-corrected chi connectivity index (χ2v) is 5.53. The fourth-order valence-corrected chi connectivity index (χ4v) is 2.27. The van der Waals surface area contributed by atoms with E-state index in [1.54, 1.807) is 24.3 Å². The number of nitrogens with zero attached hydrogens (tertiary/aromatic N) is 2. The Morgan fingerprint density at radius 3 is 2.52 bits per heavy atom. The Kier molecular flexibility index (Phi) is 5.41. The molecule has 0 aliphatic heterocycles. The molecular weight excluding hydrogens is 355 g/mol. The molecule has 1 heterocycles. The first-order chi connectivity index (χ1) is 13.0. The first kappa shape index (κ1) is 18.1. The molecule has 3 rings (SSSR count). The highest BCUT2D eigenvalue weighted by Gasteiger charge is 2.09. The van der Waals surface area contributed by atoms with Crippen molar-refractivity contribution in [3.63, 3.8) is 0 Å². The number of hydrazine groups is 1. The van der Waals surface area contributed by atoms with Gasteiger partial charge in [0, 0.05) is 0 Å². The number of aromatic nitrogens is 2. The minimum Gasteiger partial charge on any atom is -0.484 e. The lowest BCUT2D eigenvalue weighted by Gasteiger charge is -2.10. The van der Waals surface area contributed by atoms with Gasteiger partial charge in [-0.1, -0.05) is 12.1 Å².